The van der Waals surface area contributed by atoms with E-state index < -0.39 is 20.6 Å². The quantitative estimate of drug-likeness (QED) is 0.633. The Hall–Kier alpha value is -2.32. The van der Waals surface area contributed by atoms with Gasteiger partial charge in [0.15, 0.2) is 4.90 Å². The van der Waals surface area contributed by atoms with Gasteiger partial charge in [-0.15, -0.1) is 0 Å². The molecule has 0 aliphatic carbocycles. The van der Waals surface area contributed by atoms with E-state index in [0.29, 0.717) is 19.4 Å². The van der Waals surface area contributed by atoms with Crippen molar-refractivity contribution in [3.63, 3.8) is 0 Å². The zero-order valence-corrected chi connectivity index (χ0v) is 13.0. The predicted octanol–water partition coefficient (Wildman–Crippen LogP) is 2.52. The summed E-state index contributed by atoms with van der Waals surface area (Å²) in [6.07, 6.45) is 4.63. The number of hydrogen-bond acceptors (Lipinski definition) is 5. The van der Waals surface area contributed by atoms with Crippen molar-refractivity contribution < 1.29 is 13.3 Å². The van der Waals surface area contributed by atoms with Gasteiger partial charge in [0.05, 0.1) is 11.0 Å². The number of hydrogen-bond donors (Lipinski definition) is 0. The molecule has 2 heterocycles. The largest absolute Gasteiger partial charge is 0.289 e. The number of sulfonamides is 1. The van der Waals surface area contributed by atoms with E-state index in [1.807, 2.05) is 0 Å². The van der Waals surface area contributed by atoms with Crippen LogP contribution in [-0.4, -0.2) is 29.2 Å². The number of nitro benzene ring substituents is 1. The number of benzene rings is 1. The molecule has 23 heavy (non-hydrogen) atoms. The van der Waals surface area contributed by atoms with Crippen LogP contribution in [0.3, 0.4) is 0 Å². The summed E-state index contributed by atoms with van der Waals surface area (Å²) in [5.41, 5.74) is 0.451. The number of rotatable bonds is 4. The van der Waals surface area contributed by atoms with Crippen LogP contribution in [0.5, 0.6) is 0 Å². The maximum absolute atomic E-state index is 12.9. The normalized spacial score (nSPS) is 18.9. The molecule has 8 heteroatoms. The summed E-state index contributed by atoms with van der Waals surface area (Å²) >= 11 is 0. The van der Waals surface area contributed by atoms with Crippen LogP contribution in [0, 0.1) is 10.1 Å². The number of nitro groups is 1. The van der Waals surface area contributed by atoms with Gasteiger partial charge < -0.3 is 0 Å². The highest BCUT2D eigenvalue weighted by atomic mass is 32.2. The molecule has 0 N–H and O–H groups in total. The molecule has 1 atom stereocenters. The molecule has 1 saturated heterocycles. The lowest BCUT2D eigenvalue weighted by Gasteiger charge is -2.24. The van der Waals surface area contributed by atoms with Gasteiger partial charge in [-0.2, -0.15) is 4.31 Å². The molecule has 1 aromatic carbocycles. The van der Waals surface area contributed by atoms with Gasteiger partial charge in [0.2, 0.25) is 10.0 Å². The van der Waals surface area contributed by atoms with Crippen LogP contribution < -0.4 is 0 Å². The summed E-state index contributed by atoms with van der Waals surface area (Å²) in [4.78, 5) is 14.2. The molecule has 0 amide bonds. The minimum Gasteiger partial charge on any atom is -0.265 e. The van der Waals surface area contributed by atoms with Crippen LogP contribution >= 0.6 is 0 Å². The number of aromatic nitrogens is 1. The highest BCUT2D eigenvalue weighted by Gasteiger charge is 2.39. The maximum atomic E-state index is 12.9. The molecule has 120 valence electrons. The van der Waals surface area contributed by atoms with Gasteiger partial charge in [0, 0.05) is 25.0 Å². The molecular formula is C15H15N3O4S. The van der Waals surface area contributed by atoms with Gasteiger partial charge >= 0.3 is 0 Å². The highest BCUT2D eigenvalue weighted by Crippen LogP contribution is 2.38. The van der Waals surface area contributed by atoms with E-state index in [2.05, 4.69) is 4.98 Å². The molecule has 0 saturated carbocycles. The topological polar surface area (TPSA) is 93.4 Å². The van der Waals surface area contributed by atoms with E-state index in [4.69, 9.17) is 0 Å². The van der Waals surface area contributed by atoms with E-state index in [1.54, 1.807) is 24.5 Å². The lowest BCUT2D eigenvalue weighted by molar-refractivity contribution is -0.387. The number of para-hydroxylation sites is 1. The zero-order chi connectivity index (χ0) is 16.4. The van der Waals surface area contributed by atoms with Crippen molar-refractivity contribution in [1.82, 2.24) is 9.29 Å². The van der Waals surface area contributed by atoms with Crippen LogP contribution in [0.15, 0.2) is 53.7 Å². The van der Waals surface area contributed by atoms with E-state index in [9.17, 15) is 18.5 Å². The molecule has 1 aliphatic rings. The first-order valence-electron chi connectivity index (χ1n) is 7.17. The Bertz CT molecular complexity index is 824. The van der Waals surface area contributed by atoms with Crippen molar-refractivity contribution in [2.24, 2.45) is 0 Å². The second kappa shape index (κ2) is 6.05. The minimum absolute atomic E-state index is 0.258. The van der Waals surface area contributed by atoms with Crippen molar-refractivity contribution in [3.05, 3.63) is 64.5 Å². The Morgan fingerprint density at radius 1 is 1.17 bits per heavy atom. The average Bonchev–Trinajstić information content (AvgIpc) is 3.06. The molecule has 3 rings (SSSR count). The number of nitrogens with zero attached hydrogens (tertiary/aromatic N) is 3. The molecule has 0 bridgehead atoms. The van der Waals surface area contributed by atoms with Crippen LogP contribution in [0.4, 0.5) is 5.69 Å². The van der Waals surface area contributed by atoms with Crippen LogP contribution in [0.1, 0.15) is 24.4 Å². The molecular weight excluding hydrogens is 318 g/mol. The Kier molecular flexibility index (Phi) is 4.10. The molecule has 1 unspecified atom stereocenters. The van der Waals surface area contributed by atoms with Crippen molar-refractivity contribution in [3.8, 4) is 0 Å². The molecule has 7 nitrogen and oxygen atoms in total. The molecule has 0 spiro atoms. The van der Waals surface area contributed by atoms with Gasteiger partial charge in [-0.3, -0.25) is 15.1 Å². The third-order valence-corrected chi connectivity index (χ3v) is 5.90. The standard InChI is InChI=1S/C15H15N3O4S/c19-18(20)14-4-1-2-6-15(14)23(21,22)17-11-3-5-13(17)12-7-9-16-10-8-12/h1-2,4,6-10,13H,3,5,11H2. The SMILES string of the molecule is O=[N+]([O-])c1ccccc1S(=O)(=O)N1CCCC1c1ccncc1. The lowest BCUT2D eigenvalue weighted by atomic mass is 10.1. The third-order valence-electron chi connectivity index (χ3n) is 3.94. The Morgan fingerprint density at radius 3 is 2.57 bits per heavy atom. The smallest absolute Gasteiger partial charge is 0.265 e. The maximum Gasteiger partial charge on any atom is 0.289 e. The molecule has 1 aromatic heterocycles. The fraction of sp³-hybridized carbons (Fsp3) is 0.267. The number of pyridine rings is 1. The average molecular weight is 333 g/mol. The van der Waals surface area contributed by atoms with E-state index in [-0.39, 0.29) is 10.9 Å². The molecule has 1 aliphatic heterocycles. The fourth-order valence-corrected chi connectivity index (χ4v) is 4.74. The summed E-state index contributed by atoms with van der Waals surface area (Å²) < 4.78 is 27.3. The van der Waals surface area contributed by atoms with Crippen LogP contribution in [0.25, 0.3) is 0 Å². The summed E-state index contributed by atoms with van der Waals surface area (Å²) in [7, 11) is -3.94. The zero-order valence-electron chi connectivity index (χ0n) is 12.2. The van der Waals surface area contributed by atoms with Gasteiger partial charge in [0.25, 0.3) is 5.69 Å². The highest BCUT2D eigenvalue weighted by molar-refractivity contribution is 7.89. The van der Waals surface area contributed by atoms with Crippen molar-refractivity contribution in [2.75, 3.05) is 6.54 Å². The summed E-state index contributed by atoms with van der Waals surface area (Å²) in [6, 6.07) is 8.69. The van der Waals surface area contributed by atoms with Gasteiger partial charge in [0.1, 0.15) is 0 Å². The summed E-state index contributed by atoms with van der Waals surface area (Å²) in [5.74, 6) is 0. The van der Waals surface area contributed by atoms with E-state index in [0.717, 1.165) is 5.56 Å². The summed E-state index contributed by atoms with van der Waals surface area (Å²) in [6.45, 7) is 0.349. The van der Waals surface area contributed by atoms with Crippen LogP contribution in [-0.2, 0) is 10.0 Å². The van der Waals surface area contributed by atoms with Crippen molar-refractivity contribution in [1.29, 1.82) is 0 Å². The van der Waals surface area contributed by atoms with Gasteiger partial charge in [-0.05, 0) is 36.6 Å². The second-order valence-corrected chi connectivity index (χ2v) is 7.14. The van der Waals surface area contributed by atoms with Gasteiger partial charge in [-0.1, -0.05) is 12.1 Å². The monoisotopic (exact) mass is 333 g/mol. The van der Waals surface area contributed by atoms with E-state index in [1.165, 1.54) is 28.6 Å². The fourth-order valence-electron chi connectivity index (χ4n) is 2.90. The predicted molar refractivity (Wildman–Crippen MR) is 83.2 cm³/mol. The first-order chi connectivity index (χ1) is 11.0. The lowest BCUT2D eigenvalue weighted by Crippen LogP contribution is -2.31. The van der Waals surface area contributed by atoms with Crippen LogP contribution in [0.2, 0.25) is 0 Å². The van der Waals surface area contributed by atoms with Crippen molar-refractivity contribution >= 4 is 15.7 Å². The second-order valence-electron chi connectivity index (χ2n) is 5.28. The minimum atomic E-state index is -3.94. The van der Waals surface area contributed by atoms with Gasteiger partial charge in [-0.25, -0.2) is 8.42 Å². The first-order valence-corrected chi connectivity index (χ1v) is 8.61. The summed E-state index contributed by atoms with van der Waals surface area (Å²) in [5, 5.41) is 11.1. The molecule has 1 fully saturated rings. The molecule has 0 radical (unpaired) electrons. The van der Waals surface area contributed by atoms with E-state index >= 15 is 0 Å². The Balaban J connectivity index is 2.05. The Morgan fingerprint density at radius 2 is 1.87 bits per heavy atom. The molecule has 2 aromatic rings. The van der Waals surface area contributed by atoms with Crippen molar-refractivity contribution in [2.45, 2.75) is 23.8 Å². The third kappa shape index (κ3) is 2.82. The first kappa shape index (κ1) is 15.6. The Labute approximate surface area is 133 Å².